The number of nitrogens with zero attached hydrogens (tertiary/aromatic N) is 1. The molecule has 0 unspecified atom stereocenters. The number of nitrogens with one attached hydrogen (secondary N) is 1. The Labute approximate surface area is 70.9 Å². The fourth-order valence-electron chi connectivity index (χ4n) is 1.50. The van der Waals surface area contributed by atoms with Gasteiger partial charge in [0.15, 0.2) is 0 Å². The van der Waals surface area contributed by atoms with Crippen LogP contribution in [0.15, 0.2) is 17.2 Å². The molecule has 0 aromatic carbocycles. The Balaban J connectivity index is 2.11. The molecule has 1 fully saturated rings. The van der Waals surface area contributed by atoms with E-state index in [0.29, 0.717) is 11.6 Å². The molecule has 1 N–H and O–H groups in total. The quantitative estimate of drug-likeness (QED) is 0.711. The Bertz CT molecular complexity index is 314. The van der Waals surface area contributed by atoms with E-state index in [2.05, 4.69) is 9.97 Å². The highest BCUT2D eigenvalue weighted by Gasteiger charge is 2.19. The van der Waals surface area contributed by atoms with Gasteiger partial charge in [0, 0.05) is 12.4 Å². The lowest BCUT2D eigenvalue weighted by Gasteiger charge is -2.24. The third kappa shape index (κ3) is 1.40. The van der Waals surface area contributed by atoms with Crippen molar-refractivity contribution in [3.05, 3.63) is 28.4 Å². The summed E-state index contributed by atoms with van der Waals surface area (Å²) >= 11 is 0. The minimum atomic E-state index is -0.0237. The van der Waals surface area contributed by atoms with E-state index in [1.54, 1.807) is 12.4 Å². The fraction of sp³-hybridized carbons (Fsp3) is 0.556. The predicted octanol–water partition coefficient (Wildman–Crippen LogP) is 1.11. The van der Waals surface area contributed by atoms with Crippen LogP contribution in [0.25, 0.3) is 0 Å². The van der Waals surface area contributed by atoms with Crippen molar-refractivity contribution in [2.24, 2.45) is 5.92 Å². The average molecular weight is 164 g/mol. The number of H-pyrrole nitrogens is 1. The van der Waals surface area contributed by atoms with Gasteiger partial charge in [-0.2, -0.15) is 0 Å². The Morgan fingerprint density at radius 3 is 3.00 bits per heavy atom. The Morgan fingerprint density at radius 2 is 2.42 bits per heavy atom. The van der Waals surface area contributed by atoms with Gasteiger partial charge in [-0.1, -0.05) is 19.3 Å². The smallest absolute Gasteiger partial charge is 0.269 e. The van der Waals surface area contributed by atoms with Crippen LogP contribution in [0.1, 0.15) is 25.0 Å². The molecule has 1 heterocycles. The van der Waals surface area contributed by atoms with Gasteiger partial charge >= 0.3 is 0 Å². The van der Waals surface area contributed by atoms with E-state index >= 15 is 0 Å². The number of hydrogen-bond acceptors (Lipinski definition) is 2. The lowest BCUT2D eigenvalue weighted by atomic mass is 9.82. The van der Waals surface area contributed by atoms with Crippen LogP contribution in [0.2, 0.25) is 0 Å². The number of rotatable bonds is 2. The van der Waals surface area contributed by atoms with Gasteiger partial charge < -0.3 is 4.98 Å². The van der Waals surface area contributed by atoms with E-state index < -0.39 is 0 Å². The summed E-state index contributed by atoms with van der Waals surface area (Å²) in [6.07, 6.45) is 7.92. The van der Waals surface area contributed by atoms with Gasteiger partial charge in [0.25, 0.3) is 5.56 Å². The molecule has 1 aromatic rings. The van der Waals surface area contributed by atoms with Crippen molar-refractivity contribution in [1.82, 2.24) is 9.97 Å². The summed E-state index contributed by atoms with van der Waals surface area (Å²) in [7, 11) is 0. The molecule has 1 saturated carbocycles. The molecule has 0 aliphatic heterocycles. The molecule has 0 bridgehead atoms. The molecule has 0 radical (unpaired) electrons. The van der Waals surface area contributed by atoms with Crippen LogP contribution >= 0.6 is 0 Å². The summed E-state index contributed by atoms with van der Waals surface area (Å²) in [6.45, 7) is 0. The van der Waals surface area contributed by atoms with Gasteiger partial charge in [-0.25, -0.2) is 0 Å². The summed E-state index contributed by atoms with van der Waals surface area (Å²) in [4.78, 5) is 17.9. The van der Waals surface area contributed by atoms with Crippen LogP contribution in [0.5, 0.6) is 0 Å². The second-order valence-electron chi connectivity index (χ2n) is 3.37. The van der Waals surface area contributed by atoms with Crippen molar-refractivity contribution in [3.8, 4) is 0 Å². The molecule has 64 valence electrons. The van der Waals surface area contributed by atoms with Crippen molar-refractivity contribution < 1.29 is 0 Å². The molecule has 0 atom stereocenters. The first kappa shape index (κ1) is 7.53. The molecule has 1 aliphatic rings. The molecule has 1 aliphatic carbocycles. The molecule has 12 heavy (non-hydrogen) atoms. The number of hydrogen-bond donors (Lipinski definition) is 1. The van der Waals surface area contributed by atoms with Crippen LogP contribution in [0, 0.1) is 5.92 Å². The lowest BCUT2D eigenvalue weighted by Crippen LogP contribution is -2.21. The Hall–Kier alpha value is -1.12. The topological polar surface area (TPSA) is 45.8 Å². The highest BCUT2D eigenvalue weighted by atomic mass is 16.1. The summed E-state index contributed by atoms with van der Waals surface area (Å²) in [5.41, 5.74) is 0.673. The molecule has 0 saturated heterocycles. The first-order valence-electron chi connectivity index (χ1n) is 4.39. The molecule has 2 rings (SSSR count). The van der Waals surface area contributed by atoms with Crippen LogP contribution in [-0.4, -0.2) is 9.97 Å². The summed E-state index contributed by atoms with van der Waals surface area (Å²) in [6, 6.07) is 0. The second-order valence-corrected chi connectivity index (χ2v) is 3.37. The first-order chi connectivity index (χ1) is 5.86. The minimum absolute atomic E-state index is 0.0237. The van der Waals surface area contributed by atoms with Gasteiger partial charge in [-0.05, 0) is 12.3 Å². The normalized spacial score (nSPS) is 17.3. The molecule has 3 nitrogen and oxygen atoms in total. The maximum absolute atomic E-state index is 11.2. The molecule has 1 aromatic heterocycles. The molecule has 0 spiro atoms. The monoisotopic (exact) mass is 164 g/mol. The molecular formula is C9H12N2O. The number of aromatic amines is 1. The standard InChI is InChI=1S/C9H12N2O/c12-9-8(10-4-5-11-9)6-7-2-1-3-7/h4-5,7H,1-3,6H2,(H,11,12). The van der Waals surface area contributed by atoms with E-state index in [0.717, 1.165) is 6.42 Å². The van der Waals surface area contributed by atoms with E-state index in [9.17, 15) is 4.79 Å². The summed E-state index contributed by atoms with van der Waals surface area (Å²) in [5, 5.41) is 0. The summed E-state index contributed by atoms with van der Waals surface area (Å²) in [5.74, 6) is 0.709. The maximum Gasteiger partial charge on any atom is 0.269 e. The highest BCUT2D eigenvalue weighted by Crippen LogP contribution is 2.28. The van der Waals surface area contributed by atoms with Crippen LogP contribution in [0.3, 0.4) is 0 Å². The van der Waals surface area contributed by atoms with Gasteiger partial charge in [0.2, 0.25) is 0 Å². The van der Waals surface area contributed by atoms with Gasteiger partial charge in [0.05, 0.1) is 0 Å². The van der Waals surface area contributed by atoms with Crippen molar-refractivity contribution in [1.29, 1.82) is 0 Å². The van der Waals surface area contributed by atoms with E-state index in [1.165, 1.54) is 19.3 Å². The Kier molecular flexibility index (Phi) is 1.94. The van der Waals surface area contributed by atoms with Crippen LogP contribution < -0.4 is 5.56 Å². The van der Waals surface area contributed by atoms with Crippen molar-refractivity contribution in [2.45, 2.75) is 25.7 Å². The zero-order valence-electron chi connectivity index (χ0n) is 6.92. The van der Waals surface area contributed by atoms with Crippen LogP contribution in [-0.2, 0) is 6.42 Å². The zero-order chi connectivity index (χ0) is 8.39. The van der Waals surface area contributed by atoms with Crippen LogP contribution in [0.4, 0.5) is 0 Å². The van der Waals surface area contributed by atoms with E-state index in [4.69, 9.17) is 0 Å². The van der Waals surface area contributed by atoms with Crippen molar-refractivity contribution in [2.75, 3.05) is 0 Å². The van der Waals surface area contributed by atoms with Crippen molar-refractivity contribution >= 4 is 0 Å². The van der Waals surface area contributed by atoms with Crippen molar-refractivity contribution in [3.63, 3.8) is 0 Å². The Morgan fingerprint density at radius 1 is 1.58 bits per heavy atom. The average Bonchev–Trinajstić information content (AvgIpc) is 2.00. The van der Waals surface area contributed by atoms with Gasteiger partial charge in [-0.15, -0.1) is 0 Å². The zero-order valence-corrected chi connectivity index (χ0v) is 6.92. The predicted molar refractivity (Wildman–Crippen MR) is 45.9 cm³/mol. The number of aromatic nitrogens is 2. The fourth-order valence-corrected chi connectivity index (χ4v) is 1.50. The molecular weight excluding hydrogens is 152 g/mol. The minimum Gasteiger partial charge on any atom is -0.326 e. The third-order valence-corrected chi connectivity index (χ3v) is 2.49. The van der Waals surface area contributed by atoms with Gasteiger partial charge in [-0.3, -0.25) is 9.78 Å². The van der Waals surface area contributed by atoms with E-state index in [1.807, 2.05) is 0 Å². The lowest BCUT2D eigenvalue weighted by molar-refractivity contribution is 0.311. The molecule has 3 heteroatoms. The first-order valence-corrected chi connectivity index (χ1v) is 4.39. The maximum atomic E-state index is 11.2. The highest BCUT2D eigenvalue weighted by molar-refractivity contribution is 4.98. The third-order valence-electron chi connectivity index (χ3n) is 2.49. The second kappa shape index (κ2) is 3.09. The largest absolute Gasteiger partial charge is 0.326 e. The summed E-state index contributed by atoms with van der Waals surface area (Å²) < 4.78 is 0. The van der Waals surface area contributed by atoms with Gasteiger partial charge in [0.1, 0.15) is 5.69 Å². The molecule has 0 amide bonds. The SMILES string of the molecule is O=c1[nH]ccnc1CC1CCC1. The van der Waals surface area contributed by atoms with E-state index in [-0.39, 0.29) is 5.56 Å².